The Morgan fingerprint density at radius 2 is 1.62 bits per heavy atom. The van der Waals surface area contributed by atoms with Crippen molar-refractivity contribution in [3.8, 4) is 0 Å². The van der Waals surface area contributed by atoms with Crippen molar-refractivity contribution in [1.82, 2.24) is 0 Å². The zero-order chi connectivity index (χ0) is 16.0. The molecule has 0 aromatic heterocycles. The highest BCUT2D eigenvalue weighted by Crippen LogP contribution is 2.37. The molecule has 1 aromatic rings. The molecule has 0 atom stereocenters. The van der Waals surface area contributed by atoms with Crippen LogP contribution in [0.2, 0.25) is 0 Å². The van der Waals surface area contributed by atoms with Crippen molar-refractivity contribution in [2.24, 2.45) is 9.78 Å². The Kier molecular flexibility index (Phi) is 3.66. The van der Waals surface area contributed by atoms with Gasteiger partial charge in [0.05, 0.1) is 11.3 Å². The molecular weight excluding hydrogens is 286 g/mol. The molecule has 0 bridgehead atoms. The smallest absolute Gasteiger partial charge is 0.199 e. The Labute approximate surface area is 125 Å². The van der Waals surface area contributed by atoms with Crippen LogP contribution in [-0.2, 0) is 14.5 Å². The Hall–Kier alpha value is -1.75. The van der Waals surface area contributed by atoms with Crippen molar-refractivity contribution >= 4 is 27.0 Å². The molecule has 0 amide bonds. The number of allylic oxidation sites excluding steroid dienone is 1. The summed E-state index contributed by atoms with van der Waals surface area (Å²) in [4.78, 5) is 25.2. The zero-order valence-electron chi connectivity index (χ0n) is 12.9. The van der Waals surface area contributed by atoms with E-state index in [4.69, 9.17) is 0 Å². The summed E-state index contributed by atoms with van der Waals surface area (Å²) in [5.41, 5.74) is 0.667. The Morgan fingerprint density at radius 1 is 1.10 bits per heavy atom. The van der Waals surface area contributed by atoms with Gasteiger partial charge in [-0.3, -0.25) is 9.59 Å². The molecule has 5 heteroatoms. The molecule has 1 aliphatic carbocycles. The number of hydrogen-bond acceptors (Lipinski definition) is 4. The maximum atomic E-state index is 12.6. The van der Waals surface area contributed by atoms with Gasteiger partial charge in [-0.05, 0) is 0 Å². The summed E-state index contributed by atoms with van der Waals surface area (Å²) in [6.07, 6.45) is 2.98. The van der Waals surface area contributed by atoms with Gasteiger partial charge in [0.25, 0.3) is 0 Å². The van der Waals surface area contributed by atoms with Gasteiger partial charge < -0.3 is 0 Å². The minimum absolute atomic E-state index is 0.0557. The van der Waals surface area contributed by atoms with Gasteiger partial charge in [0.2, 0.25) is 0 Å². The van der Waals surface area contributed by atoms with Crippen LogP contribution in [0.15, 0.2) is 34.2 Å². The van der Waals surface area contributed by atoms with E-state index in [1.807, 2.05) is 0 Å². The molecule has 0 saturated carbocycles. The van der Waals surface area contributed by atoms with E-state index in [-0.39, 0.29) is 22.8 Å². The van der Waals surface area contributed by atoms with E-state index in [2.05, 4.69) is 4.36 Å². The standard InChI is InChI=1S/C16H19NO3S/c1-16(2,3)15(19)12-13(17-21(4,5)20)10-8-6-7-9-11(10)14(12)18/h6-9H,1-5H3. The third kappa shape index (κ3) is 2.97. The average Bonchev–Trinajstić information content (AvgIpc) is 2.59. The van der Waals surface area contributed by atoms with Crippen LogP contribution in [0, 0.1) is 5.41 Å². The number of fused-ring (bicyclic) bond motifs is 1. The second-order valence-electron chi connectivity index (χ2n) is 6.45. The predicted molar refractivity (Wildman–Crippen MR) is 84.6 cm³/mol. The molecule has 1 aliphatic rings. The minimum Gasteiger partial charge on any atom is -0.293 e. The molecule has 112 valence electrons. The van der Waals surface area contributed by atoms with Crippen LogP contribution in [0.3, 0.4) is 0 Å². The average molecular weight is 305 g/mol. The summed E-state index contributed by atoms with van der Waals surface area (Å²) in [7, 11) is -2.47. The summed E-state index contributed by atoms with van der Waals surface area (Å²) in [6, 6.07) is 6.93. The normalized spacial score (nSPS) is 15.2. The van der Waals surface area contributed by atoms with E-state index in [9.17, 15) is 13.8 Å². The van der Waals surface area contributed by atoms with Crippen LogP contribution in [0.4, 0.5) is 0 Å². The van der Waals surface area contributed by atoms with Gasteiger partial charge in [0.15, 0.2) is 11.6 Å². The number of Topliss-reactive ketones (excluding diaryl/α,β-unsaturated/α-hetero) is 2. The number of nitrogens with zero attached hydrogens (tertiary/aromatic N) is 1. The molecule has 2 rings (SSSR count). The van der Waals surface area contributed by atoms with Crippen LogP contribution < -0.4 is 0 Å². The molecule has 0 radical (unpaired) electrons. The minimum atomic E-state index is -2.47. The Balaban J connectivity index is 2.80. The summed E-state index contributed by atoms with van der Waals surface area (Å²) in [6.45, 7) is 5.27. The Morgan fingerprint density at radius 3 is 2.10 bits per heavy atom. The summed E-state index contributed by atoms with van der Waals surface area (Å²) in [5, 5.41) is 0. The lowest BCUT2D eigenvalue weighted by atomic mass is 9.85. The Bertz CT molecular complexity index is 780. The second-order valence-corrected chi connectivity index (χ2v) is 9.00. The molecule has 4 nitrogen and oxygen atoms in total. The van der Waals surface area contributed by atoms with Crippen molar-refractivity contribution < 1.29 is 13.8 Å². The lowest BCUT2D eigenvalue weighted by Gasteiger charge is -2.17. The van der Waals surface area contributed by atoms with E-state index >= 15 is 0 Å². The van der Waals surface area contributed by atoms with Gasteiger partial charge in [-0.2, -0.15) is 4.36 Å². The molecule has 0 aliphatic heterocycles. The summed E-state index contributed by atoms with van der Waals surface area (Å²) < 4.78 is 16.2. The van der Waals surface area contributed by atoms with Gasteiger partial charge >= 0.3 is 0 Å². The fourth-order valence-corrected chi connectivity index (χ4v) is 2.79. The van der Waals surface area contributed by atoms with Crippen LogP contribution in [0.25, 0.3) is 5.70 Å². The predicted octanol–water partition coefficient (Wildman–Crippen LogP) is 2.94. The summed E-state index contributed by atoms with van der Waals surface area (Å²) >= 11 is 0. The highest BCUT2D eigenvalue weighted by Gasteiger charge is 2.38. The maximum Gasteiger partial charge on any atom is 0.199 e. The number of ketones is 2. The van der Waals surface area contributed by atoms with E-state index < -0.39 is 15.1 Å². The first-order chi connectivity index (χ1) is 9.52. The number of hydrogen-bond donors (Lipinski definition) is 0. The summed E-state index contributed by atoms with van der Waals surface area (Å²) in [5.74, 6) is -0.598. The van der Waals surface area contributed by atoms with E-state index in [1.165, 1.54) is 12.5 Å². The molecule has 1 aromatic carbocycles. The quantitative estimate of drug-likeness (QED) is 0.789. The molecule has 0 fully saturated rings. The van der Waals surface area contributed by atoms with Gasteiger partial charge in [0, 0.05) is 38.8 Å². The number of carbonyl (C=O) groups excluding carboxylic acids is 2. The fourth-order valence-electron chi connectivity index (χ4n) is 2.16. The molecule has 0 spiro atoms. The lowest BCUT2D eigenvalue weighted by Crippen LogP contribution is -2.25. The van der Waals surface area contributed by atoms with Gasteiger partial charge in [-0.25, -0.2) is 4.21 Å². The third-order valence-corrected chi connectivity index (χ3v) is 3.73. The molecule has 0 N–H and O–H groups in total. The first-order valence-electron chi connectivity index (χ1n) is 6.62. The number of rotatable bonds is 2. The van der Waals surface area contributed by atoms with Crippen LogP contribution >= 0.6 is 0 Å². The second kappa shape index (κ2) is 4.91. The van der Waals surface area contributed by atoms with E-state index in [1.54, 1.807) is 45.0 Å². The van der Waals surface area contributed by atoms with Crippen LogP contribution in [0.5, 0.6) is 0 Å². The van der Waals surface area contributed by atoms with Crippen molar-refractivity contribution in [1.29, 1.82) is 0 Å². The van der Waals surface area contributed by atoms with Gasteiger partial charge in [-0.15, -0.1) is 0 Å². The number of benzene rings is 1. The van der Waals surface area contributed by atoms with E-state index in [0.717, 1.165) is 0 Å². The highest BCUT2D eigenvalue weighted by molar-refractivity contribution is 7.92. The monoisotopic (exact) mass is 305 g/mol. The molecule has 0 saturated heterocycles. The molecular formula is C16H19NO3S. The third-order valence-electron chi connectivity index (χ3n) is 3.11. The van der Waals surface area contributed by atoms with E-state index in [0.29, 0.717) is 11.1 Å². The van der Waals surface area contributed by atoms with Crippen LogP contribution in [-0.4, -0.2) is 28.3 Å². The van der Waals surface area contributed by atoms with Gasteiger partial charge in [-0.1, -0.05) is 45.0 Å². The molecule has 0 heterocycles. The van der Waals surface area contributed by atoms with Gasteiger partial charge in [0.1, 0.15) is 0 Å². The largest absolute Gasteiger partial charge is 0.293 e. The maximum absolute atomic E-state index is 12.6. The van der Waals surface area contributed by atoms with Crippen molar-refractivity contribution in [2.75, 3.05) is 12.5 Å². The molecule has 0 unspecified atom stereocenters. The van der Waals surface area contributed by atoms with Crippen molar-refractivity contribution in [3.63, 3.8) is 0 Å². The molecule has 21 heavy (non-hydrogen) atoms. The number of carbonyl (C=O) groups is 2. The zero-order valence-corrected chi connectivity index (χ0v) is 13.7. The lowest BCUT2D eigenvalue weighted by molar-refractivity contribution is -0.122. The SMILES string of the molecule is CC(C)(C)C(=O)C1=C(N=S(C)(C)=O)c2ccccc2C1=O. The first kappa shape index (κ1) is 15.6. The highest BCUT2D eigenvalue weighted by atomic mass is 32.2. The van der Waals surface area contributed by atoms with Crippen molar-refractivity contribution in [2.45, 2.75) is 20.8 Å². The van der Waals surface area contributed by atoms with Crippen LogP contribution in [0.1, 0.15) is 36.7 Å². The fraction of sp³-hybridized carbons (Fsp3) is 0.375. The topological polar surface area (TPSA) is 63.6 Å². The van der Waals surface area contributed by atoms with Crippen molar-refractivity contribution in [3.05, 3.63) is 41.0 Å². The first-order valence-corrected chi connectivity index (χ1v) is 8.96.